The molecule has 1 aliphatic rings. The van der Waals surface area contributed by atoms with Crippen molar-refractivity contribution >= 4 is 11.7 Å². The highest BCUT2D eigenvalue weighted by Crippen LogP contribution is 2.36. The van der Waals surface area contributed by atoms with Crippen LogP contribution in [0.2, 0.25) is 0 Å². The molecule has 18 heavy (non-hydrogen) atoms. The van der Waals surface area contributed by atoms with E-state index in [0.717, 1.165) is 12.8 Å². The van der Waals surface area contributed by atoms with E-state index in [-0.39, 0.29) is 11.8 Å². The van der Waals surface area contributed by atoms with E-state index in [0.29, 0.717) is 24.0 Å². The number of hydrogen-bond acceptors (Lipinski definition) is 3. The second kappa shape index (κ2) is 5.65. The topological polar surface area (TPSA) is 68.0 Å². The second-order valence-corrected chi connectivity index (χ2v) is 4.53. The molecule has 94 valence electrons. The SMILES string of the molecule is CC(C(=O)Nc1cccc(C#CCN)n1)C1CC1. The maximum atomic E-state index is 11.9. The van der Waals surface area contributed by atoms with Crippen LogP contribution < -0.4 is 11.1 Å². The van der Waals surface area contributed by atoms with Gasteiger partial charge in [-0.2, -0.15) is 0 Å². The van der Waals surface area contributed by atoms with Crippen LogP contribution in [0.15, 0.2) is 18.2 Å². The molecule has 0 bridgehead atoms. The number of hydrogen-bond donors (Lipinski definition) is 2. The van der Waals surface area contributed by atoms with Crippen molar-refractivity contribution in [3.63, 3.8) is 0 Å². The third-order valence-corrected chi connectivity index (χ3v) is 3.06. The summed E-state index contributed by atoms with van der Waals surface area (Å²) in [5.74, 6) is 6.78. The molecule has 3 N–H and O–H groups in total. The lowest BCUT2D eigenvalue weighted by atomic mass is 10.1. The summed E-state index contributed by atoms with van der Waals surface area (Å²) in [6.07, 6.45) is 2.31. The molecule has 1 heterocycles. The predicted molar refractivity (Wildman–Crippen MR) is 70.7 cm³/mol. The van der Waals surface area contributed by atoms with Crippen LogP contribution in [-0.2, 0) is 4.79 Å². The van der Waals surface area contributed by atoms with Gasteiger partial charge in [0.2, 0.25) is 5.91 Å². The smallest absolute Gasteiger partial charge is 0.228 e. The first-order chi connectivity index (χ1) is 8.70. The van der Waals surface area contributed by atoms with Crippen LogP contribution in [0.1, 0.15) is 25.5 Å². The molecule has 1 aliphatic carbocycles. The van der Waals surface area contributed by atoms with Crippen molar-refractivity contribution in [3.8, 4) is 11.8 Å². The quantitative estimate of drug-likeness (QED) is 0.788. The maximum absolute atomic E-state index is 11.9. The summed E-state index contributed by atoms with van der Waals surface area (Å²) in [5.41, 5.74) is 5.93. The minimum absolute atomic E-state index is 0.0361. The van der Waals surface area contributed by atoms with Gasteiger partial charge in [-0.3, -0.25) is 4.79 Å². The van der Waals surface area contributed by atoms with Gasteiger partial charge in [-0.25, -0.2) is 4.98 Å². The Morgan fingerprint density at radius 1 is 1.61 bits per heavy atom. The summed E-state index contributed by atoms with van der Waals surface area (Å²) in [7, 11) is 0. The van der Waals surface area contributed by atoms with Crippen LogP contribution in [0.3, 0.4) is 0 Å². The number of nitrogens with two attached hydrogens (primary N) is 1. The molecule has 1 aromatic heterocycles. The minimum atomic E-state index is 0.0361. The van der Waals surface area contributed by atoms with Gasteiger partial charge in [0.15, 0.2) is 0 Å². The fourth-order valence-electron chi connectivity index (χ4n) is 1.77. The van der Waals surface area contributed by atoms with Crippen molar-refractivity contribution < 1.29 is 4.79 Å². The van der Waals surface area contributed by atoms with Crippen LogP contribution in [0.4, 0.5) is 5.82 Å². The van der Waals surface area contributed by atoms with E-state index in [9.17, 15) is 4.79 Å². The summed E-state index contributed by atoms with van der Waals surface area (Å²) in [6, 6.07) is 5.39. The summed E-state index contributed by atoms with van der Waals surface area (Å²) in [5, 5.41) is 2.83. The molecule has 1 amide bonds. The second-order valence-electron chi connectivity index (χ2n) is 4.53. The summed E-state index contributed by atoms with van der Waals surface area (Å²) < 4.78 is 0. The van der Waals surface area contributed by atoms with Gasteiger partial charge in [-0.15, -0.1) is 0 Å². The Hall–Kier alpha value is -1.86. The molecule has 0 saturated heterocycles. The van der Waals surface area contributed by atoms with Gasteiger partial charge in [-0.1, -0.05) is 18.9 Å². The third kappa shape index (κ3) is 3.31. The first kappa shape index (κ1) is 12.6. The van der Waals surface area contributed by atoms with Gasteiger partial charge in [0, 0.05) is 5.92 Å². The van der Waals surface area contributed by atoms with Gasteiger partial charge in [0.05, 0.1) is 6.54 Å². The summed E-state index contributed by atoms with van der Waals surface area (Å²) in [6.45, 7) is 2.27. The van der Waals surface area contributed by atoms with Crippen LogP contribution in [0.25, 0.3) is 0 Å². The van der Waals surface area contributed by atoms with Gasteiger partial charge in [0.25, 0.3) is 0 Å². The Bertz CT molecular complexity index is 497. The molecule has 1 atom stereocenters. The van der Waals surface area contributed by atoms with Crippen molar-refractivity contribution in [2.24, 2.45) is 17.6 Å². The van der Waals surface area contributed by atoms with Crippen LogP contribution >= 0.6 is 0 Å². The lowest BCUT2D eigenvalue weighted by Crippen LogP contribution is -2.22. The van der Waals surface area contributed by atoms with E-state index < -0.39 is 0 Å². The molecule has 2 rings (SSSR count). The van der Waals surface area contributed by atoms with Crippen molar-refractivity contribution in [2.45, 2.75) is 19.8 Å². The Balaban J connectivity index is 2.02. The van der Waals surface area contributed by atoms with E-state index in [4.69, 9.17) is 5.73 Å². The number of carbonyl (C=O) groups excluding carboxylic acids is 1. The van der Waals surface area contributed by atoms with Crippen molar-refractivity contribution in [1.29, 1.82) is 0 Å². The van der Waals surface area contributed by atoms with Crippen molar-refractivity contribution in [3.05, 3.63) is 23.9 Å². The molecular weight excluding hydrogens is 226 g/mol. The number of nitrogens with one attached hydrogen (secondary N) is 1. The average Bonchev–Trinajstić information content (AvgIpc) is 3.20. The Morgan fingerprint density at radius 3 is 3.06 bits per heavy atom. The highest BCUT2D eigenvalue weighted by molar-refractivity contribution is 5.91. The van der Waals surface area contributed by atoms with Gasteiger partial charge in [-0.05, 0) is 36.8 Å². The first-order valence-corrected chi connectivity index (χ1v) is 6.17. The Kier molecular flexibility index (Phi) is 3.96. The molecule has 4 nitrogen and oxygen atoms in total. The molecule has 1 fully saturated rings. The zero-order chi connectivity index (χ0) is 13.0. The van der Waals surface area contributed by atoms with Crippen LogP contribution in [0.5, 0.6) is 0 Å². The predicted octanol–water partition coefficient (Wildman–Crippen LogP) is 1.38. The molecule has 1 unspecified atom stereocenters. The van der Waals surface area contributed by atoms with E-state index >= 15 is 0 Å². The number of anilines is 1. The average molecular weight is 243 g/mol. The van der Waals surface area contributed by atoms with E-state index in [1.165, 1.54) is 0 Å². The number of rotatable bonds is 3. The van der Waals surface area contributed by atoms with Gasteiger partial charge >= 0.3 is 0 Å². The van der Waals surface area contributed by atoms with Crippen LogP contribution in [0, 0.1) is 23.7 Å². The zero-order valence-corrected chi connectivity index (χ0v) is 10.4. The van der Waals surface area contributed by atoms with E-state index in [1.807, 2.05) is 13.0 Å². The fourth-order valence-corrected chi connectivity index (χ4v) is 1.77. The molecule has 0 aliphatic heterocycles. The molecule has 4 heteroatoms. The normalized spacial score (nSPS) is 15.4. The maximum Gasteiger partial charge on any atom is 0.228 e. The Labute approximate surface area is 107 Å². The largest absolute Gasteiger partial charge is 0.320 e. The highest BCUT2D eigenvalue weighted by Gasteiger charge is 2.32. The van der Waals surface area contributed by atoms with Crippen molar-refractivity contribution in [2.75, 3.05) is 11.9 Å². The van der Waals surface area contributed by atoms with Crippen molar-refractivity contribution in [1.82, 2.24) is 4.98 Å². The molecule has 0 radical (unpaired) electrons. The number of pyridine rings is 1. The van der Waals surface area contributed by atoms with Gasteiger partial charge < -0.3 is 11.1 Å². The Morgan fingerprint density at radius 2 is 2.39 bits per heavy atom. The highest BCUT2D eigenvalue weighted by atomic mass is 16.1. The minimum Gasteiger partial charge on any atom is -0.320 e. The lowest BCUT2D eigenvalue weighted by molar-refractivity contribution is -0.119. The molecule has 0 spiro atoms. The van der Waals surface area contributed by atoms with Gasteiger partial charge in [0.1, 0.15) is 11.5 Å². The molecule has 0 aromatic carbocycles. The standard InChI is InChI=1S/C14H17N3O/c1-10(11-7-8-11)14(18)17-13-6-2-4-12(16-13)5-3-9-15/h2,4,6,10-11H,7-9,15H2,1H3,(H,16,17,18). The zero-order valence-electron chi connectivity index (χ0n) is 10.4. The van der Waals surface area contributed by atoms with Crippen LogP contribution in [-0.4, -0.2) is 17.4 Å². The summed E-state index contributed by atoms with van der Waals surface area (Å²) in [4.78, 5) is 16.2. The summed E-state index contributed by atoms with van der Waals surface area (Å²) >= 11 is 0. The monoisotopic (exact) mass is 243 g/mol. The molecular formula is C14H17N3O. The number of nitrogens with zero attached hydrogens (tertiary/aromatic N) is 1. The third-order valence-electron chi connectivity index (χ3n) is 3.06. The lowest BCUT2D eigenvalue weighted by Gasteiger charge is -2.10. The molecule has 1 saturated carbocycles. The number of aromatic nitrogens is 1. The number of amides is 1. The first-order valence-electron chi connectivity index (χ1n) is 6.17. The molecule has 1 aromatic rings. The number of carbonyl (C=O) groups is 1. The van der Waals surface area contributed by atoms with E-state index in [2.05, 4.69) is 22.1 Å². The van der Waals surface area contributed by atoms with E-state index in [1.54, 1.807) is 12.1 Å². The fraction of sp³-hybridized carbons (Fsp3) is 0.429.